The number of aromatic nitrogens is 1. The lowest BCUT2D eigenvalue weighted by Gasteiger charge is -2.10. The first-order valence-corrected chi connectivity index (χ1v) is 8.57. The van der Waals surface area contributed by atoms with E-state index in [1.165, 1.54) is 17.4 Å². The van der Waals surface area contributed by atoms with E-state index >= 15 is 0 Å². The molecule has 0 saturated heterocycles. The molecule has 0 spiro atoms. The van der Waals surface area contributed by atoms with Crippen LogP contribution < -0.4 is 4.74 Å². The van der Waals surface area contributed by atoms with E-state index < -0.39 is 11.7 Å². The highest BCUT2D eigenvalue weighted by Gasteiger charge is 2.33. The SMILES string of the molecule is COc1cccc(-c2csc(Cc3ccc(Cl)c(C(F)(F)F)c3)n2)c1. The van der Waals surface area contributed by atoms with Gasteiger partial charge in [0, 0.05) is 17.4 Å². The van der Waals surface area contributed by atoms with Crippen molar-refractivity contribution in [1.29, 1.82) is 0 Å². The van der Waals surface area contributed by atoms with Crippen molar-refractivity contribution >= 4 is 22.9 Å². The van der Waals surface area contributed by atoms with Crippen LogP contribution in [0.5, 0.6) is 5.75 Å². The van der Waals surface area contributed by atoms with Gasteiger partial charge in [0.05, 0.1) is 28.4 Å². The van der Waals surface area contributed by atoms with Crippen LogP contribution in [-0.2, 0) is 12.6 Å². The van der Waals surface area contributed by atoms with E-state index in [4.69, 9.17) is 16.3 Å². The van der Waals surface area contributed by atoms with Crippen molar-refractivity contribution in [2.45, 2.75) is 12.6 Å². The lowest BCUT2D eigenvalue weighted by molar-refractivity contribution is -0.137. The number of alkyl halides is 3. The standard InChI is InChI=1S/C18H13ClF3NOS/c1-24-13-4-2-3-12(9-13)16-10-25-17(23-16)8-11-5-6-15(19)14(7-11)18(20,21)22/h2-7,9-10H,8H2,1H3. The number of thiazole rings is 1. The van der Waals surface area contributed by atoms with Crippen LogP contribution in [0, 0.1) is 0 Å². The molecule has 0 N–H and O–H groups in total. The van der Waals surface area contributed by atoms with Crippen LogP contribution in [-0.4, -0.2) is 12.1 Å². The fourth-order valence-corrected chi connectivity index (χ4v) is 3.44. The van der Waals surface area contributed by atoms with Crippen molar-refractivity contribution in [2.75, 3.05) is 7.11 Å². The van der Waals surface area contributed by atoms with E-state index in [-0.39, 0.29) is 5.02 Å². The van der Waals surface area contributed by atoms with Gasteiger partial charge in [-0.3, -0.25) is 0 Å². The third-order valence-electron chi connectivity index (χ3n) is 3.61. The summed E-state index contributed by atoms with van der Waals surface area (Å²) in [5.41, 5.74) is 1.36. The van der Waals surface area contributed by atoms with Crippen LogP contribution in [0.2, 0.25) is 5.02 Å². The normalized spacial score (nSPS) is 11.6. The molecular formula is C18H13ClF3NOS. The summed E-state index contributed by atoms with van der Waals surface area (Å²) in [6.45, 7) is 0. The topological polar surface area (TPSA) is 22.1 Å². The molecule has 0 aliphatic carbocycles. The van der Waals surface area contributed by atoms with E-state index in [9.17, 15) is 13.2 Å². The van der Waals surface area contributed by atoms with Crippen LogP contribution in [0.25, 0.3) is 11.3 Å². The molecule has 0 aliphatic heterocycles. The van der Waals surface area contributed by atoms with Gasteiger partial charge in [-0.05, 0) is 29.8 Å². The highest BCUT2D eigenvalue weighted by molar-refractivity contribution is 7.10. The number of halogens is 4. The molecule has 130 valence electrons. The van der Waals surface area contributed by atoms with E-state index in [0.717, 1.165) is 28.1 Å². The summed E-state index contributed by atoms with van der Waals surface area (Å²) in [7, 11) is 1.59. The van der Waals surface area contributed by atoms with Crippen molar-refractivity contribution < 1.29 is 17.9 Å². The summed E-state index contributed by atoms with van der Waals surface area (Å²) in [5, 5.41) is 2.31. The number of benzene rings is 2. The predicted molar refractivity (Wildman–Crippen MR) is 93.4 cm³/mol. The molecule has 1 heterocycles. The average Bonchev–Trinajstić information content (AvgIpc) is 3.04. The zero-order chi connectivity index (χ0) is 18.0. The van der Waals surface area contributed by atoms with Gasteiger partial charge in [0.15, 0.2) is 0 Å². The van der Waals surface area contributed by atoms with E-state index in [1.807, 2.05) is 29.6 Å². The Morgan fingerprint density at radius 1 is 1.16 bits per heavy atom. The Kier molecular flexibility index (Phi) is 5.01. The lowest BCUT2D eigenvalue weighted by atomic mass is 10.1. The molecule has 0 radical (unpaired) electrons. The summed E-state index contributed by atoms with van der Waals surface area (Å²) < 4.78 is 44.1. The second-order valence-electron chi connectivity index (χ2n) is 5.35. The molecule has 0 fully saturated rings. The molecule has 7 heteroatoms. The summed E-state index contributed by atoms with van der Waals surface area (Å²) >= 11 is 7.06. The van der Waals surface area contributed by atoms with Crippen molar-refractivity contribution in [3.05, 3.63) is 69.0 Å². The maximum absolute atomic E-state index is 13.0. The first kappa shape index (κ1) is 17.8. The van der Waals surface area contributed by atoms with Crippen LogP contribution in [0.15, 0.2) is 47.8 Å². The van der Waals surface area contributed by atoms with Crippen LogP contribution in [0.1, 0.15) is 16.1 Å². The molecule has 3 aromatic rings. The summed E-state index contributed by atoms with van der Waals surface area (Å²) in [5.74, 6) is 0.722. The Bertz CT molecular complexity index is 892. The molecule has 0 aliphatic rings. The van der Waals surface area contributed by atoms with Gasteiger partial charge < -0.3 is 4.74 Å². The van der Waals surface area contributed by atoms with E-state index in [1.54, 1.807) is 13.2 Å². The molecule has 3 rings (SSSR count). The lowest BCUT2D eigenvalue weighted by Crippen LogP contribution is -2.06. The second-order valence-corrected chi connectivity index (χ2v) is 6.70. The largest absolute Gasteiger partial charge is 0.497 e. The van der Waals surface area contributed by atoms with E-state index in [2.05, 4.69) is 4.98 Å². The molecule has 0 bridgehead atoms. The second kappa shape index (κ2) is 7.06. The fourth-order valence-electron chi connectivity index (χ4n) is 2.38. The summed E-state index contributed by atoms with van der Waals surface area (Å²) in [6, 6.07) is 11.4. The Labute approximate surface area is 151 Å². The molecular weight excluding hydrogens is 371 g/mol. The van der Waals surface area contributed by atoms with Gasteiger partial charge in [-0.2, -0.15) is 13.2 Å². The van der Waals surface area contributed by atoms with Gasteiger partial charge in [0.1, 0.15) is 5.75 Å². The third kappa shape index (κ3) is 4.14. The minimum Gasteiger partial charge on any atom is -0.497 e. The monoisotopic (exact) mass is 383 g/mol. The minimum absolute atomic E-state index is 0.299. The molecule has 0 amide bonds. The molecule has 2 aromatic carbocycles. The molecule has 0 atom stereocenters. The Balaban J connectivity index is 1.84. The molecule has 0 unspecified atom stereocenters. The number of rotatable bonds is 4. The number of hydrogen-bond acceptors (Lipinski definition) is 3. The van der Waals surface area contributed by atoms with Gasteiger partial charge in [-0.15, -0.1) is 11.3 Å². The first-order valence-electron chi connectivity index (χ1n) is 7.31. The van der Waals surface area contributed by atoms with Gasteiger partial charge in [-0.1, -0.05) is 29.8 Å². The quantitative estimate of drug-likeness (QED) is 0.544. The van der Waals surface area contributed by atoms with Crippen LogP contribution in [0.3, 0.4) is 0 Å². The third-order valence-corrected chi connectivity index (χ3v) is 4.79. The molecule has 2 nitrogen and oxygen atoms in total. The zero-order valence-electron chi connectivity index (χ0n) is 13.1. The van der Waals surface area contributed by atoms with Crippen molar-refractivity contribution in [2.24, 2.45) is 0 Å². The minimum atomic E-state index is -4.47. The van der Waals surface area contributed by atoms with Gasteiger partial charge in [-0.25, -0.2) is 4.98 Å². The Morgan fingerprint density at radius 3 is 2.68 bits per heavy atom. The molecule has 0 saturated carbocycles. The summed E-state index contributed by atoms with van der Waals surface area (Å²) in [6.07, 6.45) is -4.16. The van der Waals surface area contributed by atoms with Crippen molar-refractivity contribution in [3.8, 4) is 17.0 Å². The zero-order valence-corrected chi connectivity index (χ0v) is 14.7. The Morgan fingerprint density at radius 2 is 1.96 bits per heavy atom. The van der Waals surface area contributed by atoms with Gasteiger partial charge >= 0.3 is 6.18 Å². The highest BCUT2D eigenvalue weighted by atomic mass is 35.5. The van der Waals surface area contributed by atoms with Gasteiger partial charge in [0.2, 0.25) is 0 Å². The summed E-state index contributed by atoms with van der Waals surface area (Å²) in [4.78, 5) is 4.51. The maximum Gasteiger partial charge on any atom is 0.417 e. The molecule has 25 heavy (non-hydrogen) atoms. The first-order chi connectivity index (χ1) is 11.9. The number of methoxy groups -OCH3 is 1. The Hall–Kier alpha value is -2.05. The highest BCUT2D eigenvalue weighted by Crippen LogP contribution is 2.35. The predicted octanol–water partition coefficient (Wildman–Crippen LogP) is 6.08. The number of ether oxygens (including phenoxy) is 1. The van der Waals surface area contributed by atoms with E-state index in [0.29, 0.717) is 12.0 Å². The van der Waals surface area contributed by atoms with Gasteiger partial charge in [0.25, 0.3) is 0 Å². The van der Waals surface area contributed by atoms with Crippen molar-refractivity contribution in [3.63, 3.8) is 0 Å². The smallest absolute Gasteiger partial charge is 0.417 e. The fraction of sp³-hybridized carbons (Fsp3) is 0.167. The van der Waals surface area contributed by atoms with Crippen LogP contribution in [0.4, 0.5) is 13.2 Å². The number of nitrogens with zero attached hydrogens (tertiary/aromatic N) is 1. The average molecular weight is 384 g/mol. The van der Waals surface area contributed by atoms with Crippen LogP contribution >= 0.6 is 22.9 Å². The maximum atomic E-state index is 13.0. The number of hydrogen-bond donors (Lipinski definition) is 0. The molecule has 1 aromatic heterocycles. The van der Waals surface area contributed by atoms with Crippen molar-refractivity contribution in [1.82, 2.24) is 4.98 Å².